The second-order valence-electron chi connectivity index (χ2n) is 10.7. The van der Waals surface area contributed by atoms with Gasteiger partial charge in [-0.05, 0) is 58.0 Å². The van der Waals surface area contributed by atoms with Crippen molar-refractivity contribution in [1.29, 1.82) is 0 Å². The maximum Gasteiger partial charge on any atom is 0.410 e. The van der Waals surface area contributed by atoms with Crippen molar-refractivity contribution in [2.45, 2.75) is 108 Å². The van der Waals surface area contributed by atoms with Crippen LogP contribution in [0, 0.1) is 5.92 Å². The fraction of sp³-hybridized carbons (Fsp3) is 0.958. The monoisotopic (exact) mass is 420 g/mol. The molecule has 3 saturated heterocycles. The minimum atomic E-state index is -0.389. The van der Waals surface area contributed by atoms with E-state index in [1.165, 1.54) is 44.9 Å². The highest BCUT2D eigenvalue weighted by Crippen LogP contribution is 2.43. The summed E-state index contributed by atoms with van der Waals surface area (Å²) in [7, 11) is 0. The van der Waals surface area contributed by atoms with Crippen molar-refractivity contribution >= 4 is 6.09 Å². The molecule has 1 amide bonds. The van der Waals surface area contributed by atoms with Gasteiger partial charge < -0.3 is 15.8 Å². The fourth-order valence-corrected chi connectivity index (χ4v) is 6.74. The molecular formula is C24H44N4O2. The number of piperidine rings is 2. The van der Waals surface area contributed by atoms with E-state index in [9.17, 15) is 4.79 Å². The van der Waals surface area contributed by atoms with Gasteiger partial charge in [0.1, 0.15) is 5.60 Å². The average molecular weight is 421 g/mol. The van der Waals surface area contributed by atoms with E-state index in [1.807, 2.05) is 0 Å². The maximum absolute atomic E-state index is 13.1. The molecule has 3 N–H and O–H groups in total. The summed E-state index contributed by atoms with van der Waals surface area (Å²) in [6, 6.07) is 0.0425. The van der Waals surface area contributed by atoms with Crippen LogP contribution in [0.25, 0.3) is 0 Å². The van der Waals surface area contributed by atoms with Crippen LogP contribution in [0.1, 0.15) is 84.5 Å². The highest BCUT2D eigenvalue weighted by atomic mass is 16.6. The minimum Gasteiger partial charge on any atom is -0.440 e. The van der Waals surface area contributed by atoms with E-state index in [0.29, 0.717) is 5.92 Å². The molecule has 0 radical (unpaired) electrons. The zero-order valence-corrected chi connectivity index (χ0v) is 19.3. The van der Waals surface area contributed by atoms with Crippen LogP contribution in [0.4, 0.5) is 4.79 Å². The lowest BCUT2D eigenvalue weighted by molar-refractivity contribution is -0.0577. The topological polar surface area (TPSA) is 70.8 Å². The van der Waals surface area contributed by atoms with Gasteiger partial charge >= 0.3 is 6.09 Å². The molecule has 1 spiro atoms. The normalized spacial score (nSPS) is 31.1. The zero-order valence-electron chi connectivity index (χ0n) is 19.3. The molecule has 0 aromatic carbocycles. The van der Waals surface area contributed by atoms with Crippen LogP contribution < -0.4 is 11.1 Å². The molecule has 0 bridgehead atoms. The van der Waals surface area contributed by atoms with Crippen LogP contribution in [0.2, 0.25) is 0 Å². The van der Waals surface area contributed by atoms with E-state index in [1.54, 1.807) is 0 Å². The molecule has 0 aromatic rings. The second kappa shape index (κ2) is 9.33. The van der Waals surface area contributed by atoms with Gasteiger partial charge in [0.25, 0.3) is 0 Å². The molecule has 6 heteroatoms. The lowest BCUT2D eigenvalue weighted by Gasteiger charge is -2.50. The summed E-state index contributed by atoms with van der Waals surface area (Å²) in [5.74, 6) is 0.617. The Balaban J connectivity index is 1.49. The first-order valence-electron chi connectivity index (χ1n) is 12.7. The Morgan fingerprint density at radius 3 is 2.43 bits per heavy atom. The quantitative estimate of drug-likeness (QED) is 0.688. The molecule has 1 saturated carbocycles. The Morgan fingerprint density at radius 1 is 1.13 bits per heavy atom. The number of carbonyl (C=O) groups excluding carboxylic acids is 1. The number of nitrogens with zero attached hydrogens (tertiary/aromatic N) is 2. The predicted octanol–water partition coefficient (Wildman–Crippen LogP) is 3.49. The van der Waals surface area contributed by atoms with Gasteiger partial charge in [0.15, 0.2) is 0 Å². The van der Waals surface area contributed by atoms with Crippen molar-refractivity contribution in [2.24, 2.45) is 11.7 Å². The molecule has 2 unspecified atom stereocenters. The van der Waals surface area contributed by atoms with Gasteiger partial charge in [0, 0.05) is 44.1 Å². The van der Waals surface area contributed by atoms with Crippen LogP contribution in [-0.4, -0.2) is 71.8 Å². The predicted molar refractivity (Wildman–Crippen MR) is 120 cm³/mol. The maximum atomic E-state index is 13.1. The molecule has 30 heavy (non-hydrogen) atoms. The molecule has 4 aliphatic rings. The van der Waals surface area contributed by atoms with Gasteiger partial charge in [-0.2, -0.15) is 0 Å². The summed E-state index contributed by atoms with van der Waals surface area (Å²) in [4.78, 5) is 17.8. The minimum absolute atomic E-state index is 0.00561. The molecule has 6 nitrogen and oxygen atoms in total. The van der Waals surface area contributed by atoms with E-state index in [0.717, 1.165) is 58.4 Å². The van der Waals surface area contributed by atoms with Crippen molar-refractivity contribution in [1.82, 2.24) is 15.1 Å². The largest absolute Gasteiger partial charge is 0.440 e. The Kier molecular flexibility index (Phi) is 6.95. The summed E-state index contributed by atoms with van der Waals surface area (Å²) in [5.41, 5.74) is 6.65. The summed E-state index contributed by atoms with van der Waals surface area (Å²) in [6.45, 7) is 9.68. The Labute approximate surface area is 183 Å². The molecule has 3 heterocycles. The Morgan fingerprint density at radius 2 is 1.80 bits per heavy atom. The molecule has 1 aliphatic carbocycles. The zero-order chi connectivity index (χ0) is 21.2. The van der Waals surface area contributed by atoms with Gasteiger partial charge in [-0.15, -0.1) is 0 Å². The number of rotatable bonds is 6. The van der Waals surface area contributed by atoms with E-state index >= 15 is 0 Å². The van der Waals surface area contributed by atoms with Crippen molar-refractivity contribution in [3.8, 4) is 0 Å². The van der Waals surface area contributed by atoms with E-state index in [4.69, 9.17) is 10.5 Å². The smallest absolute Gasteiger partial charge is 0.410 e. The van der Waals surface area contributed by atoms with Crippen molar-refractivity contribution in [2.75, 3.05) is 32.7 Å². The van der Waals surface area contributed by atoms with Gasteiger partial charge in [0.05, 0.1) is 6.04 Å². The number of nitrogens with one attached hydrogen (secondary N) is 1. The third-order valence-corrected chi connectivity index (χ3v) is 8.66. The third kappa shape index (κ3) is 4.37. The number of ether oxygens (including phenoxy) is 1. The Bertz CT molecular complexity index is 578. The van der Waals surface area contributed by atoms with Crippen molar-refractivity contribution in [3.05, 3.63) is 0 Å². The number of nitrogens with two attached hydrogens (primary N) is 1. The van der Waals surface area contributed by atoms with Crippen molar-refractivity contribution in [3.63, 3.8) is 0 Å². The van der Waals surface area contributed by atoms with Crippen LogP contribution in [0.5, 0.6) is 0 Å². The van der Waals surface area contributed by atoms with Crippen LogP contribution in [0.3, 0.4) is 0 Å². The van der Waals surface area contributed by atoms with Crippen molar-refractivity contribution < 1.29 is 9.53 Å². The van der Waals surface area contributed by atoms with Gasteiger partial charge in [0.2, 0.25) is 0 Å². The first kappa shape index (κ1) is 22.3. The van der Waals surface area contributed by atoms with Crippen LogP contribution in [-0.2, 0) is 4.74 Å². The molecule has 4 rings (SSSR count). The molecular weight excluding hydrogens is 376 g/mol. The third-order valence-electron chi connectivity index (χ3n) is 8.66. The highest BCUT2D eigenvalue weighted by molar-refractivity contribution is 5.72. The van der Waals surface area contributed by atoms with Gasteiger partial charge in [-0.25, -0.2) is 4.79 Å². The van der Waals surface area contributed by atoms with Gasteiger partial charge in [-0.3, -0.25) is 9.80 Å². The average Bonchev–Trinajstić information content (AvgIpc) is 3.00. The first-order valence-corrected chi connectivity index (χ1v) is 12.7. The molecule has 2 atom stereocenters. The number of likely N-dealkylation sites (tertiary alicyclic amines) is 1. The number of hydrogen-bond acceptors (Lipinski definition) is 5. The second-order valence-corrected chi connectivity index (χ2v) is 10.7. The number of carbonyl (C=O) groups is 1. The summed E-state index contributed by atoms with van der Waals surface area (Å²) in [5, 5.41) is 3.49. The molecule has 4 fully saturated rings. The van der Waals surface area contributed by atoms with E-state index < -0.39 is 0 Å². The lowest BCUT2D eigenvalue weighted by Crippen LogP contribution is -2.63. The standard InChI is InChI=1S/C24H44N4O2/c1-3-7-20(25)21-24(30-22(29)28(21)18-19-8-5-4-6-9-19)12-16-27(17-13-24)23(2)10-14-26-15-11-23/h19-21,26H,3-18,25H2,1-2H3. The number of hydrogen-bond donors (Lipinski definition) is 2. The fourth-order valence-electron chi connectivity index (χ4n) is 6.74. The Hall–Kier alpha value is -0.850. The number of amides is 1. The summed E-state index contributed by atoms with van der Waals surface area (Å²) >= 11 is 0. The molecule has 3 aliphatic heterocycles. The lowest BCUT2D eigenvalue weighted by atomic mass is 9.77. The summed E-state index contributed by atoms with van der Waals surface area (Å²) in [6.07, 6.45) is 12.6. The SMILES string of the molecule is CCCC(N)C1N(CC2CCCCC2)C(=O)OC12CCN(C1(C)CCNCC1)CC2. The molecule has 172 valence electrons. The molecule has 0 aromatic heterocycles. The first-order chi connectivity index (χ1) is 14.5. The van der Waals surface area contributed by atoms with E-state index in [2.05, 4.69) is 29.0 Å². The van der Waals surface area contributed by atoms with Crippen LogP contribution in [0.15, 0.2) is 0 Å². The highest BCUT2D eigenvalue weighted by Gasteiger charge is 2.57. The van der Waals surface area contributed by atoms with Gasteiger partial charge in [-0.1, -0.05) is 32.6 Å². The van der Waals surface area contributed by atoms with Crippen LogP contribution >= 0.6 is 0 Å². The van der Waals surface area contributed by atoms with E-state index in [-0.39, 0.29) is 29.3 Å². The summed E-state index contributed by atoms with van der Waals surface area (Å²) < 4.78 is 6.26.